The first-order valence-electron chi connectivity index (χ1n) is 3.87. The van der Waals surface area contributed by atoms with Gasteiger partial charge in [0, 0.05) is 18.6 Å². The van der Waals surface area contributed by atoms with E-state index in [1.165, 1.54) is 12.8 Å². The first-order chi connectivity index (χ1) is 4.93. The van der Waals surface area contributed by atoms with Crippen LogP contribution in [0, 0.1) is 0 Å². The predicted octanol–water partition coefficient (Wildman–Crippen LogP) is -0.800. The summed E-state index contributed by atoms with van der Waals surface area (Å²) in [5.74, 6) is 0. The molecule has 0 radical (unpaired) electrons. The maximum atomic E-state index is 2.21. The van der Waals surface area contributed by atoms with E-state index >= 15 is 0 Å². The largest absolute Gasteiger partial charge is 1.00 e. The maximum absolute atomic E-state index is 2.21. The van der Waals surface area contributed by atoms with E-state index in [0.717, 1.165) is 6.54 Å². The van der Waals surface area contributed by atoms with Crippen molar-refractivity contribution in [3.63, 3.8) is 0 Å². The lowest BCUT2D eigenvalue weighted by atomic mass is 10.3. The summed E-state index contributed by atoms with van der Waals surface area (Å²) in [5, 5.41) is 0. The van der Waals surface area contributed by atoms with E-state index < -0.39 is 0 Å². The summed E-state index contributed by atoms with van der Waals surface area (Å²) in [6.45, 7) is 3.36. The van der Waals surface area contributed by atoms with Crippen LogP contribution in [0.1, 0.15) is 19.8 Å². The summed E-state index contributed by atoms with van der Waals surface area (Å²) in [6, 6.07) is 6.17. The molecule has 0 N–H and O–H groups in total. The third kappa shape index (κ3) is 5.39. The molecular weight excluding hydrogens is 193 g/mol. The Kier molecular flexibility index (Phi) is 10.5. The van der Waals surface area contributed by atoms with E-state index in [1.807, 2.05) is 6.07 Å². The molecule has 1 aromatic rings. The van der Waals surface area contributed by atoms with E-state index in [-0.39, 0.29) is 24.8 Å². The van der Waals surface area contributed by atoms with Gasteiger partial charge in [-0.25, -0.2) is 4.57 Å². The van der Waals surface area contributed by atoms with Crippen molar-refractivity contribution in [2.45, 2.75) is 26.3 Å². The van der Waals surface area contributed by atoms with E-state index in [4.69, 9.17) is 0 Å². The van der Waals surface area contributed by atoms with Gasteiger partial charge in [0.15, 0.2) is 12.4 Å². The lowest BCUT2D eigenvalue weighted by Gasteiger charge is -1.91. The molecule has 70 valence electrons. The van der Waals surface area contributed by atoms with Crippen molar-refractivity contribution in [1.82, 2.24) is 0 Å². The van der Waals surface area contributed by atoms with Crippen LogP contribution in [0.3, 0.4) is 0 Å². The molecule has 12 heavy (non-hydrogen) atoms. The Morgan fingerprint density at radius 3 is 2.17 bits per heavy atom. The molecule has 0 bridgehead atoms. The van der Waals surface area contributed by atoms with Gasteiger partial charge in [0.05, 0.1) is 0 Å². The van der Waals surface area contributed by atoms with Crippen LogP contribution in [0.4, 0.5) is 0 Å². The zero-order chi connectivity index (χ0) is 7.23. The molecule has 1 nitrogen and oxygen atoms in total. The number of aromatic nitrogens is 1. The molecule has 1 heterocycles. The molecule has 0 atom stereocenters. The smallest absolute Gasteiger partial charge is 0.168 e. The Morgan fingerprint density at radius 2 is 1.67 bits per heavy atom. The standard InChI is InChI=1S/C9H14N.2ClH/c1-2-3-7-10-8-5-4-6-9-10;;/h4-6,8-9H,2-3,7H2,1H3;2*1H/q+1;;/p-1. The molecule has 0 fully saturated rings. The predicted molar refractivity (Wildman–Crippen MR) is 48.8 cm³/mol. The normalized spacial score (nSPS) is 8.08. The van der Waals surface area contributed by atoms with Gasteiger partial charge >= 0.3 is 0 Å². The van der Waals surface area contributed by atoms with E-state index in [2.05, 4.69) is 36.0 Å². The van der Waals surface area contributed by atoms with Gasteiger partial charge in [-0.1, -0.05) is 19.4 Å². The molecule has 1 aromatic heterocycles. The van der Waals surface area contributed by atoms with Crippen LogP contribution in [0.25, 0.3) is 0 Å². The number of aryl methyl sites for hydroxylation is 1. The third-order valence-electron chi connectivity index (χ3n) is 1.55. The van der Waals surface area contributed by atoms with Crippen LogP contribution in [0.2, 0.25) is 0 Å². The SMILES string of the molecule is CCCC[n+]1ccccc1.Cl.[Cl-]. The molecule has 1 rings (SSSR count). The highest BCUT2D eigenvalue weighted by molar-refractivity contribution is 5.85. The minimum atomic E-state index is 0. The van der Waals surface area contributed by atoms with E-state index in [0.29, 0.717) is 0 Å². The molecule has 0 aliphatic carbocycles. The Balaban J connectivity index is 0. The monoisotopic (exact) mass is 207 g/mol. The highest BCUT2D eigenvalue weighted by atomic mass is 35.5. The summed E-state index contributed by atoms with van der Waals surface area (Å²) >= 11 is 0. The zero-order valence-corrected chi connectivity index (χ0v) is 8.81. The van der Waals surface area contributed by atoms with Crippen molar-refractivity contribution < 1.29 is 17.0 Å². The second-order valence-corrected chi connectivity index (χ2v) is 2.47. The summed E-state index contributed by atoms with van der Waals surface area (Å²) in [4.78, 5) is 0. The molecule has 0 spiro atoms. The fourth-order valence-electron chi connectivity index (χ4n) is 0.924. The molecule has 0 saturated carbocycles. The first-order valence-corrected chi connectivity index (χ1v) is 3.87. The maximum Gasteiger partial charge on any atom is 0.168 e. The van der Waals surface area contributed by atoms with Gasteiger partial charge in [0.25, 0.3) is 0 Å². The number of rotatable bonds is 3. The molecular formula is C9H15Cl2N. The lowest BCUT2D eigenvalue weighted by molar-refractivity contribution is -0.697. The van der Waals surface area contributed by atoms with Gasteiger partial charge in [0.2, 0.25) is 0 Å². The van der Waals surface area contributed by atoms with Crippen molar-refractivity contribution in [1.29, 1.82) is 0 Å². The van der Waals surface area contributed by atoms with Crippen molar-refractivity contribution in [3.05, 3.63) is 30.6 Å². The van der Waals surface area contributed by atoms with Crippen LogP contribution < -0.4 is 17.0 Å². The number of unbranched alkanes of at least 4 members (excludes halogenated alkanes) is 1. The van der Waals surface area contributed by atoms with Gasteiger partial charge < -0.3 is 12.4 Å². The van der Waals surface area contributed by atoms with Crippen LogP contribution in [-0.4, -0.2) is 0 Å². The van der Waals surface area contributed by atoms with Crippen LogP contribution in [0.5, 0.6) is 0 Å². The third-order valence-corrected chi connectivity index (χ3v) is 1.55. The Bertz CT molecular complexity index is 177. The topological polar surface area (TPSA) is 3.88 Å². The average Bonchev–Trinajstić information content (AvgIpc) is 2.03. The second kappa shape index (κ2) is 8.82. The summed E-state index contributed by atoms with van der Waals surface area (Å²) in [7, 11) is 0. The number of pyridine rings is 1. The molecule has 0 aromatic carbocycles. The Labute approximate surface area is 86.6 Å². The summed E-state index contributed by atoms with van der Waals surface area (Å²) < 4.78 is 2.21. The number of nitrogens with zero attached hydrogens (tertiary/aromatic N) is 1. The average molecular weight is 208 g/mol. The van der Waals surface area contributed by atoms with Crippen molar-refractivity contribution >= 4 is 12.4 Å². The fourth-order valence-corrected chi connectivity index (χ4v) is 0.924. The van der Waals surface area contributed by atoms with E-state index in [9.17, 15) is 0 Å². The van der Waals surface area contributed by atoms with Gasteiger partial charge in [-0.2, -0.15) is 0 Å². The van der Waals surface area contributed by atoms with Gasteiger partial charge in [-0.05, 0) is 0 Å². The van der Waals surface area contributed by atoms with E-state index in [1.54, 1.807) is 0 Å². The van der Waals surface area contributed by atoms with Crippen LogP contribution in [0.15, 0.2) is 30.6 Å². The van der Waals surface area contributed by atoms with Crippen molar-refractivity contribution in [2.24, 2.45) is 0 Å². The highest BCUT2D eigenvalue weighted by Crippen LogP contribution is 1.85. The second-order valence-electron chi connectivity index (χ2n) is 2.47. The first kappa shape index (κ1) is 14.3. The molecule has 0 amide bonds. The molecule has 3 heteroatoms. The number of halogens is 2. The van der Waals surface area contributed by atoms with Crippen LogP contribution >= 0.6 is 12.4 Å². The van der Waals surface area contributed by atoms with Gasteiger partial charge in [0.1, 0.15) is 6.54 Å². The minimum absolute atomic E-state index is 0. The van der Waals surface area contributed by atoms with Gasteiger partial charge in [-0.3, -0.25) is 0 Å². The zero-order valence-electron chi connectivity index (χ0n) is 7.24. The molecule has 0 aliphatic rings. The van der Waals surface area contributed by atoms with Gasteiger partial charge in [-0.15, -0.1) is 12.4 Å². The fraction of sp³-hybridized carbons (Fsp3) is 0.444. The highest BCUT2D eigenvalue weighted by Gasteiger charge is 1.93. The lowest BCUT2D eigenvalue weighted by Crippen LogP contribution is -3.00. The number of hydrogen-bond donors (Lipinski definition) is 0. The quantitative estimate of drug-likeness (QED) is 0.572. The molecule has 0 aliphatic heterocycles. The summed E-state index contributed by atoms with van der Waals surface area (Å²) in [6.07, 6.45) is 6.75. The van der Waals surface area contributed by atoms with Crippen molar-refractivity contribution in [2.75, 3.05) is 0 Å². The number of hydrogen-bond acceptors (Lipinski definition) is 0. The molecule has 0 saturated heterocycles. The summed E-state index contributed by atoms with van der Waals surface area (Å²) in [5.41, 5.74) is 0. The minimum Gasteiger partial charge on any atom is -1.00 e. The Morgan fingerprint density at radius 1 is 1.08 bits per heavy atom. The van der Waals surface area contributed by atoms with Crippen molar-refractivity contribution in [3.8, 4) is 0 Å². The Hall–Kier alpha value is -0.270. The molecule has 0 unspecified atom stereocenters. The van der Waals surface area contributed by atoms with Crippen LogP contribution in [-0.2, 0) is 6.54 Å².